The van der Waals surface area contributed by atoms with Crippen LogP contribution in [0.5, 0.6) is 5.75 Å². The molecule has 0 aromatic heterocycles. The van der Waals surface area contributed by atoms with E-state index in [0.717, 1.165) is 22.1 Å². The van der Waals surface area contributed by atoms with Crippen molar-refractivity contribution in [2.45, 2.75) is 26.8 Å². The number of nitrogens with zero attached hydrogens (tertiary/aromatic N) is 1. The Morgan fingerprint density at radius 1 is 1.03 bits per heavy atom. The fraction of sp³-hybridized carbons (Fsp3) is 0.240. The lowest BCUT2D eigenvalue weighted by atomic mass is 10.0. The minimum Gasteiger partial charge on any atom is -0.493 e. The van der Waals surface area contributed by atoms with Gasteiger partial charge in [0.15, 0.2) is 0 Å². The summed E-state index contributed by atoms with van der Waals surface area (Å²) in [5.74, 6) is -0.0763. The predicted octanol–water partition coefficient (Wildman–Crippen LogP) is 4.80. The van der Waals surface area contributed by atoms with Crippen LogP contribution in [-0.2, 0) is 4.79 Å². The number of halogens is 1. The minimum absolute atomic E-state index is 0.132. The van der Waals surface area contributed by atoms with Crippen molar-refractivity contribution in [3.05, 3.63) is 76.8 Å². The molecule has 0 saturated carbocycles. The Morgan fingerprint density at radius 3 is 2.38 bits per heavy atom. The van der Waals surface area contributed by atoms with Crippen molar-refractivity contribution in [1.29, 1.82) is 0 Å². The summed E-state index contributed by atoms with van der Waals surface area (Å²) in [4.78, 5) is 25.2. The molecule has 0 spiro atoms. The van der Waals surface area contributed by atoms with E-state index in [9.17, 15) is 9.59 Å². The van der Waals surface area contributed by atoms with Gasteiger partial charge in [-0.15, -0.1) is 0 Å². The van der Waals surface area contributed by atoms with E-state index in [1.807, 2.05) is 57.2 Å². The number of benzene rings is 3. The number of hydrogen-bond donors (Lipinski definition) is 2. The van der Waals surface area contributed by atoms with Gasteiger partial charge in [-0.1, -0.05) is 49.7 Å². The average molecular weight is 452 g/mol. The van der Waals surface area contributed by atoms with Crippen LogP contribution in [0, 0.1) is 5.92 Å². The van der Waals surface area contributed by atoms with Gasteiger partial charge in [0.1, 0.15) is 11.8 Å². The van der Waals surface area contributed by atoms with Crippen LogP contribution in [0.1, 0.15) is 36.7 Å². The van der Waals surface area contributed by atoms with E-state index in [4.69, 9.17) is 16.3 Å². The number of hydrazone groups is 1. The number of rotatable bonds is 8. The van der Waals surface area contributed by atoms with Gasteiger partial charge in [-0.3, -0.25) is 9.59 Å². The Morgan fingerprint density at radius 2 is 1.72 bits per heavy atom. The summed E-state index contributed by atoms with van der Waals surface area (Å²) in [7, 11) is 0. The lowest BCUT2D eigenvalue weighted by Gasteiger charge is -2.20. The average Bonchev–Trinajstić information content (AvgIpc) is 2.79. The maximum Gasteiger partial charge on any atom is 0.262 e. The molecular formula is C25H26ClN3O3. The monoisotopic (exact) mass is 451 g/mol. The molecule has 0 saturated heterocycles. The van der Waals surface area contributed by atoms with Crippen molar-refractivity contribution in [1.82, 2.24) is 10.7 Å². The van der Waals surface area contributed by atoms with Gasteiger partial charge in [-0.2, -0.15) is 5.10 Å². The molecule has 32 heavy (non-hydrogen) atoms. The van der Waals surface area contributed by atoms with E-state index in [-0.39, 0.29) is 11.8 Å². The fourth-order valence-electron chi connectivity index (χ4n) is 3.28. The summed E-state index contributed by atoms with van der Waals surface area (Å²) >= 11 is 5.87. The van der Waals surface area contributed by atoms with E-state index >= 15 is 0 Å². The summed E-state index contributed by atoms with van der Waals surface area (Å²) in [6.45, 7) is 6.23. The molecule has 3 aromatic carbocycles. The third-order valence-corrected chi connectivity index (χ3v) is 5.19. The van der Waals surface area contributed by atoms with Gasteiger partial charge in [-0.05, 0) is 54.6 Å². The highest BCUT2D eigenvalue weighted by Gasteiger charge is 2.24. The van der Waals surface area contributed by atoms with Gasteiger partial charge < -0.3 is 10.1 Å². The molecule has 0 radical (unpaired) electrons. The molecule has 0 aliphatic heterocycles. The second kappa shape index (κ2) is 10.8. The van der Waals surface area contributed by atoms with Gasteiger partial charge in [0, 0.05) is 21.5 Å². The smallest absolute Gasteiger partial charge is 0.262 e. The summed E-state index contributed by atoms with van der Waals surface area (Å²) in [5, 5.41) is 9.37. The zero-order valence-electron chi connectivity index (χ0n) is 18.3. The third kappa shape index (κ3) is 5.65. The highest BCUT2D eigenvalue weighted by molar-refractivity contribution is 6.30. The first-order chi connectivity index (χ1) is 15.4. The number of fused-ring (bicyclic) bond motifs is 1. The van der Waals surface area contributed by atoms with E-state index in [1.54, 1.807) is 30.5 Å². The molecule has 3 aromatic rings. The first-order valence-corrected chi connectivity index (χ1v) is 10.8. The molecule has 0 aliphatic rings. The Hall–Kier alpha value is -3.38. The van der Waals surface area contributed by atoms with Crippen LogP contribution >= 0.6 is 11.6 Å². The molecule has 0 bridgehead atoms. The number of carbonyl (C=O) groups excluding carboxylic acids is 2. The normalized spacial score (nSPS) is 12.2. The van der Waals surface area contributed by atoms with Crippen molar-refractivity contribution < 1.29 is 14.3 Å². The van der Waals surface area contributed by atoms with Crippen LogP contribution in [-0.4, -0.2) is 30.7 Å². The standard InChI is InChI=1S/C25H26ClN3O3/c1-4-32-22-14-11-18(20-7-5-6-8-21(20)22)15-27-29-25(31)23(16(2)3)28-24(30)17-9-12-19(26)13-10-17/h5-16,23H,4H2,1-3H3,(H,28,30)(H,29,31). The number of nitrogens with one attached hydrogen (secondary N) is 2. The van der Waals surface area contributed by atoms with E-state index in [1.165, 1.54) is 0 Å². The largest absolute Gasteiger partial charge is 0.493 e. The lowest BCUT2D eigenvalue weighted by Crippen LogP contribution is -2.48. The lowest BCUT2D eigenvalue weighted by molar-refractivity contribution is -0.123. The molecule has 166 valence electrons. The first kappa shape index (κ1) is 23.3. The van der Waals surface area contributed by atoms with Crippen LogP contribution in [0.4, 0.5) is 0 Å². The Labute approximate surface area is 192 Å². The summed E-state index contributed by atoms with van der Waals surface area (Å²) < 4.78 is 5.69. The van der Waals surface area contributed by atoms with Crippen molar-refractivity contribution in [3.63, 3.8) is 0 Å². The topological polar surface area (TPSA) is 79.8 Å². The molecule has 2 amide bonds. The van der Waals surface area contributed by atoms with E-state index in [2.05, 4.69) is 15.8 Å². The number of amides is 2. The minimum atomic E-state index is -0.743. The highest BCUT2D eigenvalue weighted by atomic mass is 35.5. The van der Waals surface area contributed by atoms with Crippen LogP contribution < -0.4 is 15.5 Å². The molecule has 3 rings (SSSR count). The van der Waals surface area contributed by atoms with Crippen molar-refractivity contribution in [2.24, 2.45) is 11.0 Å². The van der Waals surface area contributed by atoms with E-state index < -0.39 is 11.9 Å². The number of ether oxygens (including phenoxy) is 1. The van der Waals surface area contributed by atoms with Gasteiger partial charge in [0.2, 0.25) is 0 Å². The first-order valence-electron chi connectivity index (χ1n) is 10.4. The molecule has 0 heterocycles. The molecule has 0 fully saturated rings. The second-order valence-corrected chi connectivity index (χ2v) is 8.00. The summed E-state index contributed by atoms with van der Waals surface area (Å²) in [6.07, 6.45) is 1.59. The molecule has 6 nitrogen and oxygen atoms in total. The number of hydrogen-bond acceptors (Lipinski definition) is 4. The molecule has 1 atom stereocenters. The zero-order valence-corrected chi connectivity index (χ0v) is 19.0. The van der Waals surface area contributed by atoms with Crippen LogP contribution in [0.25, 0.3) is 10.8 Å². The SMILES string of the molecule is CCOc1ccc(C=NNC(=O)C(NC(=O)c2ccc(Cl)cc2)C(C)C)c2ccccc12. The van der Waals surface area contributed by atoms with Gasteiger partial charge in [0.25, 0.3) is 11.8 Å². The highest BCUT2D eigenvalue weighted by Crippen LogP contribution is 2.27. The predicted molar refractivity (Wildman–Crippen MR) is 128 cm³/mol. The van der Waals surface area contributed by atoms with Crippen LogP contribution in [0.15, 0.2) is 65.8 Å². The molecule has 1 unspecified atom stereocenters. The summed E-state index contributed by atoms with van der Waals surface area (Å²) in [6, 6.07) is 17.4. The van der Waals surface area contributed by atoms with E-state index in [0.29, 0.717) is 17.2 Å². The molecular weight excluding hydrogens is 426 g/mol. The Kier molecular flexibility index (Phi) is 7.84. The molecule has 7 heteroatoms. The molecule has 2 N–H and O–H groups in total. The molecule has 0 aliphatic carbocycles. The van der Waals surface area contributed by atoms with Crippen molar-refractivity contribution in [3.8, 4) is 5.75 Å². The second-order valence-electron chi connectivity index (χ2n) is 7.57. The zero-order chi connectivity index (χ0) is 23.1. The quantitative estimate of drug-likeness (QED) is 0.381. The summed E-state index contributed by atoms with van der Waals surface area (Å²) in [5.41, 5.74) is 3.82. The Bertz CT molecular complexity index is 1130. The van der Waals surface area contributed by atoms with Gasteiger partial charge in [-0.25, -0.2) is 5.43 Å². The van der Waals surface area contributed by atoms with Gasteiger partial charge in [0.05, 0.1) is 12.8 Å². The van der Waals surface area contributed by atoms with Crippen molar-refractivity contribution in [2.75, 3.05) is 6.61 Å². The number of carbonyl (C=O) groups is 2. The maximum atomic E-state index is 12.7. The van der Waals surface area contributed by atoms with Crippen LogP contribution in [0.2, 0.25) is 5.02 Å². The van der Waals surface area contributed by atoms with Crippen molar-refractivity contribution >= 4 is 40.4 Å². The fourth-order valence-corrected chi connectivity index (χ4v) is 3.41. The maximum absolute atomic E-state index is 12.7. The third-order valence-electron chi connectivity index (χ3n) is 4.94. The van der Waals surface area contributed by atoms with Gasteiger partial charge >= 0.3 is 0 Å². The Balaban J connectivity index is 1.72. The van der Waals surface area contributed by atoms with Crippen LogP contribution in [0.3, 0.4) is 0 Å².